The quantitative estimate of drug-likeness (QED) is 0.311. The topological polar surface area (TPSA) is 69.6 Å². The molecule has 33 heavy (non-hydrogen) atoms. The van der Waals surface area contributed by atoms with Gasteiger partial charge in [0.2, 0.25) is 0 Å². The minimum absolute atomic E-state index is 0. The number of rotatable bonds is 11. The fraction of sp³-hybridized carbons (Fsp3) is 0.250. The molecule has 0 heterocycles. The molecule has 3 aromatic carbocycles. The molecule has 0 spiro atoms. The van der Waals surface area contributed by atoms with E-state index >= 15 is 0 Å². The largest absolute Gasteiger partial charge is 0.478 e. The van der Waals surface area contributed by atoms with E-state index in [-0.39, 0.29) is 18.4 Å². The van der Waals surface area contributed by atoms with Crippen molar-refractivity contribution in [2.45, 2.75) is 38.3 Å². The van der Waals surface area contributed by atoms with E-state index in [0.29, 0.717) is 18.5 Å². The predicted octanol–water partition coefficient (Wildman–Crippen LogP) is 5.85. The van der Waals surface area contributed by atoms with Crippen molar-refractivity contribution in [1.29, 1.82) is 0 Å². The Balaban J connectivity index is 0.00000385. The molecule has 3 rings (SSSR count). The van der Waals surface area contributed by atoms with Crippen LogP contribution in [0.15, 0.2) is 85.5 Å². The Morgan fingerprint density at radius 1 is 1.03 bits per heavy atom. The van der Waals surface area contributed by atoms with E-state index in [1.165, 1.54) is 5.56 Å². The van der Waals surface area contributed by atoms with Gasteiger partial charge in [0.15, 0.2) is 0 Å². The van der Waals surface area contributed by atoms with Crippen molar-refractivity contribution in [2.75, 3.05) is 6.54 Å². The molecule has 0 fully saturated rings. The molecule has 2 atom stereocenters. The second kappa shape index (κ2) is 12.9. The molecule has 0 unspecified atom stereocenters. The van der Waals surface area contributed by atoms with Crippen LogP contribution >= 0.6 is 12.4 Å². The molecular formula is C28H32ClNO3. The molecule has 0 aromatic heterocycles. The van der Waals surface area contributed by atoms with Crippen molar-refractivity contribution in [3.63, 3.8) is 0 Å². The highest BCUT2D eigenvalue weighted by Gasteiger charge is 2.12. The standard InChI is InChI=1S/C28H31NO3.ClH/c1-3-4-8-25-18-24(15-16-26(25)28(31)32)22-13-11-21(12-14-22)17-20(2)29-19-27(30)23-9-6-5-7-10-23;/h3,5-7,9-16,18,20,27,29-30H,1,4,8,17,19H2,2H3,(H,31,32);1H/t20-,27+;/m1./s1. The minimum Gasteiger partial charge on any atom is -0.478 e. The van der Waals surface area contributed by atoms with Gasteiger partial charge in [-0.3, -0.25) is 0 Å². The van der Waals surface area contributed by atoms with Crippen LogP contribution < -0.4 is 5.32 Å². The molecule has 4 nitrogen and oxygen atoms in total. The maximum Gasteiger partial charge on any atom is 0.335 e. The maximum absolute atomic E-state index is 11.5. The van der Waals surface area contributed by atoms with Gasteiger partial charge in [-0.2, -0.15) is 0 Å². The number of aryl methyl sites for hydroxylation is 1. The van der Waals surface area contributed by atoms with Crippen LogP contribution in [0.4, 0.5) is 0 Å². The summed E-state index contributed by atoms with van der Waals surface area (Å²) >= 11 is 0. The SMILES string of the molecule is C=CCCc1cc(-c2ccc(C[C@@H](C)NC[C@H](O)c3ccccc3)cc2)ccc1C(=O)O.Cl. The summed E-state index contributed by atoms with van der Waals surface area (Å²) in [6.07, 6.45) is 3.54. The molecule has 0 bridgehead atoms. The molecule has 0 saturated heterocycles. The van der Waals surface area contributed by atoms with Crippen molar-refractivity contribution < 1.29 is 15.0 Å². The highest BCUT2D eigenvalue weighted by molar-refractivity contribution is 5.90. The lowest BCUT2D eigenvalue weighted by atomic mass is 9.95. The normalized spacial score (nSPS) is 12.4. The molecule has 0 aliphatic heterocycles. The van der Waals surface area contributed by atoms with Crippen LogP contribution in [-0.4, -0.2) is 28.8 Å². The zero-order valence-corrected chi connectivity index (χ0v) is 19.7. The molecule has 0 saturated carbocycles. The first kappa shape index (κ1) is 26.3. The van der Waals surface area contributed by atoms with E-state index in [1.807, 2.05) is 42.5 Å². The smallest absolute Gasteiger partial charge is 0.335 e. The molecular weight excluding hydrogens is 434 g/mol. The van der Waals surface area contributed by atoms with E-state index in [2.05, 4.69) is 43.1 Å². The number of allylic oxidation sites excluding steroid dienone is 1. The van der Waals surface area contributed by atoms with Crippen LogP contribution in [0, 0.1) is 0 Å². The lowest BCUT2D eigenvalue weighted by Crippen LogP contribution is -2.32. The first-order valence-corrected chi connectivity index (χ1v) is 11.0. The summed E-state index contributed by atoms with van der Waals surface area (Å²) in [5.74, 6) is -0.898. The lowest BCUT2D eigenvalue weighted by molar-refractivity contribution is 0.0695. The molecule has 0 aliphatic rings. The van der Waals surface area contributed by atoms with Gasteiger partial charge in [-0.25, -0.2) is 4.79 Å². The zero-order chi connectivity index (χ0) is 22.9. The number of aromatic carboxylic acids is 1. The highest BCUT2D eigenvalue weighted by Crippen LogP contribution is 2.25. The van der Waals surface area contributed by atoms with E-state index in [9.17, 15) is 15.0 Å². The molecule has 0 amide bonds. The summed E-state index contributed by atoms with van der Waals surface area (Å²) < 4.78 is 0. The Morgan fingerprint density at radius 3 is 2.33 bits per heavy atom. The van der Waals surface area contributed by atoms with Gasteiger partial charge in [0, 0.05) is 12.6 Å². The van der Waals surface area contributed by atoms with Gasteiger partial charge in [0.1, 0.15) is 0 Å². The number of aliphatic hydroxyl groups excluding tert-OH is 1. The van der Waals surface area contributed by atoms with E-state index < -0.39 is 12.1 Å². The first-order valence-electron chi connectivity index (χ1n) is 11.0. The van der Waals surface area contributed by atoms with Crippen LogP contribution in [0.2, 0.25) is 0 Å². The average molecular weight is 466 g/mol. The van der Waals surface area contributed by atoms with Crippen molar-refractivity contribution >= 4 is 18.4 Å². The molecule has 0 radical (unpaired) electrons. The zero-order valence-electron chi connectivity index (χ0n) is 18.9. The Labute approximate surface area is 202 Å². The van der Waals surface area contributed by atoms with Gasteiger partial charge >= 0.3 is 5.97 Å². The van der Waals surface area contributed by atoms with Crippen LogP contribution in [0.1, 0.15) is 46.5 Å². The minimum atomic E-state index is -0.898. The van der Waals surface area contributed by atoms with Gasteiger partial charge in [-0.15, -0.1) is 19.0 Å². The molecule has 174 valence electrons. The summed E-state index contributed by atoms with van der Waals surface area (Å²) in [6, 6.07) is 23.8. The Hall–Kier alpha value is -2.92. The third-order valence-corrected chi connectivity index (χ3v) is 5.63. The molecule has 3 N–H and O–H groups in total. The van der Waals surface area contributed by atoms with Gasteiger partial charge in [0.05, 0.1) is 11.7 Å². The molecule has 3 aromatic rings. The van der Waals surface area contributed by atoms with E-state index in [1.54, 1.807) is 12.1 Å². The monoisotopic (exact) mass is 465 g/mol. The van der Waals surface area contributed by atoms with Gasteiger partial charge < -0.3 is 15.5 Å². The third-order valence-electron chi connectivity index (χ3n) is 5.63. The summed E-state index contributed by atoms with van der Waals surface area (Å²) in [6.45, 7) is 6.36. The number of carboxylic acids is 1. The number of aliphatic hydroxyl groups is 1. The summed E-state index contributed by atoms with van der Waals surface area (Å²) in [5, 5.41) is 23.2. The Kier molecular flexibility index (Phi) is 10.3. The fourth-order valence-corrected chi connectivity index (χ4v) is 3.81. The third kappa shape index (κ3) is 7.57. The van der Waals surface area contributed by atoms with Crippen molar-refractivity contribution in [2.24, 2.45) is 0 Å². The number of benzene rings is 3. The van der Waals surface area contributed by atoms with E-state index in [4.69, 9.17) is 0 Å². The summed E-state index contributed by atoms with van der Waals surface area (Å²) in [5.41, 5.74) is 5.37. The van der Waals surface area contributed by atoms with Gasteiger partial charge in [-0.05, 0) is 60.1 Å². The molecule has 5 heteroatoms. The Morgan fingerprint density at radius 2 is 1.70 bits per heavy atom. The van der Waals surface area contributed by atoms with Gasteiger partial charge in [0.25, 0.3) is 0 Å². The lowest BCUT2D eigenvalue weighted by Gasteiger charge is -2.18. The second-order valence-electron chi connectivity index (χ2n) is 8.14. The number of nitrogens with one attached hydrogen (secondary N) is 1. The number of hydrogen-bond donors (Lipinski definition) is 3. The van der Waals surface area contributed by atoms with Crippen LogP contribution in [0.25, 0.3) is 11.1 Å². The highest BCUT2D eigenvalue weighted by atomic mass is 35.5. The number of halogens is 1. The number of carbonyl (C=O) groups is 1. The fourth-order valence-electron chi connectivity index (χ4n) is 3.81. The molecule has 0 aliphatic carbocycles. The first-order chi connectivity index (χ1) is 15.5. The summed E-state index contributed by atoms with van der Waals surface area (Å²) in [7, 11) is 0. The average Bonchev–Trinajstić information content (AvgIpc) is 2.82. The maximum atomic E-state index is 11.5. The number of carboxylic acid groups (broad SMARTS) is 1. The second-order valence-corrected chi connectivity index (χ2v) is 8.14. The van der Waals surface area contributed by atoms with E-state index in [0.717, 1.165) is 35.1 Å². The van der Waals surface area contributed by atoms with Crippen LogP contribution in [-0.2, 0) is 12.8 Å². The van der Waals surface area contributed by atoms with Crippen molar-refractivity contribution in [1.82, 2.24) is 5.32 Å². The predicted molar refractivity (Wildman–Crippen MR) is 137 cm³/mol. The van der Waals surface area contributed by atoms with Crippen molar-refractivity contribution in [3.05, 3.63) is 108 Å². The van der Waals surface area contributed by atoms with Crippen LogP contribution in [0.5, 0.6) is 0 Å². The summed E-state index contributed by atoms with van der Waals surface area (Å²) in [4.78, 5) is 11.5. The number of hydrogen-bond acceptors (Lipinski definition) is 3. The Bertz CT molecular complexity index is 1030. The van der Waals surface area contributed by atoms with Crippen molar-refractivity contribution in [3.8, 4) is 11.1 Å². The van der Waals surface area contributed by atoms with Crippen LogP contribution in [0.3, 0.4) is 0 Å². The van der Waals surface area contributed by atoms with Gasteiger partial charge in [-0.1, -0.05) is 72.8 Å².